The largest absolute Gasteiger partial charge is 0.489 e. The summed E-state index contributed by atoms with van der Waals surface area (Å²) >= 11 is 6.22. The molecule has 3 rings (SSSR count). The van der Waals surface area contributed by atoms with Crippen LogP contribution in [-0.2, 0) is 11.3 Å². The summed E-state index contributed by atoms with van der Waals surface area (Å²) in [5.41, 5.74) is 2.12. The standard InChI is InChI=1S/C19H18ClNO4/c1-12-3-5-14(6-4-12)17(22)19(23)21-11-13-9-15(20)18-16(10-13)24-7-2-8-25-18/h3-6,9-10H,2,7-8,11H2,1H3,(H,21,23). The van der Waals surface area contributed by atoms with Gasteiger partial charge in [-0.05, 0) is 24.6 Å². The van der Waals surface area contributed by atoms with Gasteiger partial charge < -0.3 is 14.8 Å². The summed E-state index contributed by atoms with van der Waals surface area (Å²) in [5, 5.41) is 3.04. The predicted octanol–water partition coefficient (Wildman–Crippen LogP) is 3.31. The number of rotatable bonds is 4. The van der Waals surface area contributed by atoms with Crippen molar-refractivity contribution in [3.05, 3.63) is 58.1 Å². The molecule has 0 saturated carbocycles. The van der Waals surface area contributed by atoms with E-state index in [0.717, 1.165) is 17.5 Å². The molecule has 1 heterocycles. The molecular formula is C19H18ClNO4. The monoisotopic (exact) mass is 359 g/mol. The first-order valence-corrected chi connectivity index (χ1v) is 8.39. The minimum Gasteiger partial charge on any atom is -0.489 e. The lowest BCUT2D eigenvalue weighted by Crippen LogP contribution is -2.30. The molecule has 6 heteroatoms. The lowest BCUT2D eigenvalue weighted by atomic mass is 10.1. The van der Waals surface area contributed by atoms with Crippen LogP contribution in [0.2, 0.25) is 5.02 Å². The van der Waals surface area contributed by atoms with E-state index in [-0.39, 0.29) is 6.54 Å². The Morgan fingerprint density at radius 1 is 1.12 bits per heavy atom. The van der Waals surface area contributed by atoms with E-state index in [4.69, 9.17) is 21.1 Å². The molecule has 1 aliphatic heterocycles. The number of ether oxygens (including phenoxy) is 2. The third-order valence-electron chi connectivity index (χ3n) is 3.84. The molecule has 1 aliphatic rings. The van der Waals surface area contributed by atoms with E-state index >= 15 is 0 Å². The highest BCUT2D eigenvalue weighted by Crippen LogP contribution is 2.37. The number of carbonyl (C=O) groups excluding carboxylic acids is 2. The number of nitrogens with one attached hydrogen (secondary N) is 1. The third-order valence-corrected chi connectivity index (χ3v) is 4.12. The molecule has 0 bridgehead atoms. The van der Waals surface area contributed by atoms with Crippen LogP contribution in [-0.4, -0.2) is 24.9 Å². The van der Waals surface area contributed by atoms with Gasteiger partial charge in [-0.25, -0.2) is 0 Å². The molecule has 0 fully saturated rings. The third kappa shape index (κ3) is 4.12. The highest BCUT2D eigenvalue weighted by atomic mass is 35.5. The number of Topliss-reactive ketones (excluding diaryl/α,β-unsaturated/α-hetero) is 1. The Hall–Kier alpha value is -2.53. The van der Waals surface area contributed by atoms with Gasteiger partial charge in [0.1, 0.15) is 0 Å². The van der Waals surface area contributed by atoms with E-state index in [1.54, 1.807) is 36.4 Å². The van der Waals surface area contributed by atoms with Crippen LogP contribution in [0.1, 0.15) is 27.9 Å². The average molecular weight is 360 g/mol. The normalized spacial score (nSPS) is 13.0. The van der Waals surface area contributed by atoms with Crippen molar-refractivity contribution in [1.29, 1.82) is 0 Å². The first-order valence-electron chi connectivity index (χ1n) is 8.02. The summed E-state index contributed by atoms with van der Waals surface area (Å²) in [6.07, 6.45) is 0.780. The zero-order valence-electron chi connectivity index (χ0n) is 13.8. The van der Waals surface area contributed by atoms with Gasteiger partial charge >= 0.3 is 0 Å². The molecule has 0 spiro atoms. The molecule has 2 aromatic rings. The van der Waals surface area contributed by atoms with Crippen LogP contribution in [0.5, 0.6) is 11.5 Å². The molecule has 25 heavy (non-hydrogen) atoms. The van der Waals surface area contributed by atoms with Gasteiger partial charge in [-0.15, -0.1) is 0 Å². The van der Waals surface area contributed by atoms with Crippen LogP contribution in [0, 0.1) is 6.92 Å². The number of halogens is 1. The zero-order chi connectivity index (χ0) is 17.8. The van der Waals surface area contributed by atoms with Crippen molar-refractivity contribution >= 4 is 23.3 Å². The smallest absolute Gasteiger partial charge is 0.292 e. The van der Waals surface area contributed by atoms with Crippen molar-refractivity contribution in [3.63, 3.8) is 0 Å². The van der Waals surface area contributed by atoms with Gasteiger partial charge in [0.2, 0.25) is 5.78 Å². The van der Waals surface area contributed by atoms with E-state index < -0.39 is 11.7 Å². The Morgan fingerprint density at radius 2 is 1.84 bits per heavy atom. The average Bonchev–Trinajstić information content (AvgIpc) is 2.85. The number of fused-ring (bicyclic) bond motifs is 1. The second kappa shape index (κ2) is 7.57. The van der Waals surface area contributed by atoms with Crippen molar-refractivity contribution in [2.45, 2.75) is 19.9 Å². The SMILES string of the molecule is Cc1ccc(C(=O)C(=O)NCc2cc(Cl)c3c(c2)OCCCO3)cc1. The van der Waals surface area contributed by atoms with E-state index in [2.05, 4.69) is 5.32 Å². The molecule has 0 atom stereocenters. The van der Waals surface area contributed by atoms with Crippen molar-refractivity contribution < 1.29 is 19.1 Å². The summed E-state index contributed by atoms with van der Waals surface area (Å²) in [6, 6.07) is 10.3. The lowest BCUT2D eigenvalue weighted by molar-refractivity contribution is -0.117. The quantitative estimate of drug-likeness (QED) is 0.672. The van der Waals surface area contributed by atoms with Gasteiger partial charge in [-0.3, -0.25) is 9.59 Å². The highest BCUT2D eigenvalue weighted by molar-refractivity contribution is 6.42. The topological polar surface area (TPSA) is 64.6 Å². The molecule has 0 radical (unpaired) electrons. The number of hydrogen-bond acceptors (Lipinski definition) is 4. The summed E-state index contributed by atoms with van der Waals surface area (Å²) in [4.78, 5) is 24.2. The van der Waals surface area contributed by atoms with Crippen LogP contribution >= 0.6 is 11.6 Å². The fourth-order valence-electron chi connectivity index (χ4n) is 2.48. The molecule has 0 saturated heterocycles. The Kier molecular flexibility index (Phi) is 5.24. The lowest BCUT2D eigenvalue weighted by Gasteiger charge is -2.12. The van der Waals surface area contributed by atoms with Gasteiger partial charge in [-0.1, -0.05) is 41.4 Å². The van der Waals surface area contributed by atoms with Crippen molar-refractivity contribution in [1.82, 2.24) is 5.32 Å². The second-order valence-electron chi connectivity index (χ2n) is 5.83. The maximum absolute atomic E-state index is 12.1. The van der Waals surface area contributed by atoms with E-state index in [1.165, 1.54) is 0 Å². The van der Waals surface area contributed by atoms with Crippen LogP contribution in [0.15, 0.2) is 36.4 Å². The highest BCUT2D eigenvalue weighted by Gasteiger charge is 2.18. The fourth-order valence-corrected chi connectivity index (χ4v) is 2.77. The molecule has 5 nitrogen and oxygen atoms in total. The van der Waals surface area contributed by atoms with Crippen LogP contribution in [0.25, 0.3) is 0 Å². The summed E-state index contributed by atoms with van der Waals surface area (Å²) < 4.78 is 11.2. The van der Waals surface area contributed by atoms with Gasteiger partial charge in [0.05, 0.1) is 18.2 Å². The second-order valence-corrected chi connectivity index (χ2v) is 6.24. The number of carbonyl (C=O) groups is 2. The molecule has 0 aromatic heterocycles. The van der Waals surface area contributed by atoms with Crippen molar-refractivity contribution in [2.24, 2.45) is 0 Å². The summed E-state index contributed by atoms with van der Waals surface area (Å²) in [5.74, 6) is -0.156. The van der Waals surface area contributed by atoms with Crippen molar-refractivity contribution in [2.75, 3.05) is 13.2 Å². The predicted molar refractivity (Wildman–Crippen MR) is 94.4 cm³/mol. The Balaban J connectivity index is 1.68. The van der Waals surface area contributed by atoms with Crippen LogP contribution in [0.3, 0.4) is 0 Å². The minimum absolute atomic E-state index is 0.173. The molecule has 2 aromatic carbocycles. The first-order chi connectivity index (χ1) is 12.0. The zero-order valence-corrected chi connectivity index (χ0v) is 14.6. The maximum Gasteiger partial charge on any atom is 0.292 e. The van der Waals surface area contributed by atoms with E-state index in [0.29, 0.717) is 35.3 Å². The molecule has 0 aliphatic carbocycles. The molecule has 0 unspecified atom stereocenters. The van der Waals surface area contributed by atoms with Crippen LogP contribution < -0.4 is 14.8 Å². The Bertz CT molecular complexity index is 802. The van der Waals surface area contributed by atoms with E-state index in [1.807, 2.05) is 6.92 Å². The molecule has 130 valence electrons. The Morgan fingerprint density at radius 3 is 2.60 bits per heavy atom. The van der Waals surface area contributed by atoms with Crippen molar-refractivity contribution in [3.8, 4) is 11.5 Å². The first kappa shape index (κ1) is 17.3. The Labute approximate surface area is 150 Å². The number of aryl methyl sites for hydroxylation is 1. The van der Waals surface area contributed by atoms with Gasteiger partial charge in [-0.2, -0.15) is 0 Å². The fraction of sp³-hybridized carbons (Fsp3) is 0.263. The van der Waals surface area contributed by atoms with Gasteiger partial charge in [0.25, 0.3) is 5.91 Å². The summed E-state index contributed by atoms with van der Waals surface area (Å²) in [6.45, 7) is 3.19. The molecule has 1 amide bonds. The van der Waals surface area contributed by atoms with Gasteiger partial charge in [0.15, 0.2) is 11.5 Å². The number of amides is 1. The number of benzene rings is 2. The number of ketones is 1. The summed E-state index contributed by atoms with van der Waals surface area (Å²) in [7, 11) is 0. The van der Waals surface area contributed by atoms with E-state index in [9.17, 15) is 9.59 Å². The van der Waals surface area contributed by atoms with Gasteiger partial charge in [0, 0.05) is 18.5 Å². The van der Waals surface area contributed by atoms with Crippen LogP contribution in [0.4, 0.5) is 0 Å². The molecule has 1 N–H and O–H groups in total. The number of hydrogen-bond donors (Lipinski definition) is 1. The minimum atomic E-state index is -0.660. The maximum atomic E-state index is 12.1. The molecular weight excluding hydrogens is 342 g/mol.